The summed E-state index contributed by atoms with van der Waals surface area (Å²) in [6.45, 7) is 4.12. The molecule has 0 aliphatic heterocycles. The highest BCUT2D eigenvalue weighted by atomic mass is 16.2. The van der Waals surface area contributed by atoms with Crippen LogP contribution in [0.5, 0.6) is 0 Å². The van der Waals surface area contributed by atoms with E-state index in [0.29, 0.717) is 6.54 Å². The first-order chi connectivity index (χ1) is 8.90. The Labute approximate surface area is 113 Å². The Bertz CT molecular complexity index is 440. The predicted molar refractivity (Wildman–Crippen MR) is 73.1 cm³/mol. The minimum absolute atomic E-state index is 0.0485. The van der Waals surface area contributed by atoms with Crippen LogP contribution in [0.15, 0.2) is 18.5 Å². The Kier molecular flexibility index (Phi) is 5.57. The van der Waals surface area contributed by atoms with Crippen LogP contribution in [0.1, 0.15) is 19.4 Å². The topological polar surface area (TPSA) is 89.2 Å². The molecular weight excluding hydrogens is 244 g/mol. The Hall–Kier alpha value is -1.82. The number of amides is 2. The number of hydrogen-bond donors (Lipinski definition) is 3. The smallest absolute Gasteiger partial charge is 0.239 e. The molecule has 19 heavy (non-hydrogen) atoms. The van der Waals surface area contributed by atoms with Crippen LogP contribution in [0.3, 0.4) is 0 Å². The molecule has 1 atom stereocenters. The SMILES string of the molecule is CC(C)[C@H](N)C(=O)NCC(=O)NCc1ccn(C)c1. The van der Waals surface area contributed by atoms with Gasteiger partial charge in [0.2, 0.25) is 11.8 Å². The van der Waals surface area contributed by atoms with Crippen molar-refractivity contribution >= 4 is 11.8 Å². The van der Waals surface area contributed by atoms with Crippen LogP contribution in [-0.2, 0) is 23.2 Å². The molecule has 2 amide bonds. The van der Waals surface area contributed by atoms with Gasteiger partial charge in [-0.05, 0) is 17.5 Å². The van der Waals surface area contributed by atoms with Crippen molar-refractivity contribution in [3.8, 4) is 0 Å². The molecule has 0 saturated carbocycles. The molecule has 1 rings (SSSR count). The summed E-state index contributed by atoms with van der Waals surface area (Å²) in [5.41, 5.74) is 6.68. The lowest BCUT2D eigenvalue weighted by Crippen LogP contribution is -2.47. The van der Waals surface area contributed by atoms with Crippen molar-refractivity contribution in [2.75, 3.05) is 6.54 Å². The summed E-state index contributed by atoms with van der Waals surface area (Å²) in [5, 5.41) is 5.25. The second-order valence-corrected chi connectivity index (χ2v) is 4.95. The maximum atomic E-state index is 11.5. The van der Waals surface area contributed by atoms with Crippen molar-refractivity contribution < 1.29 is 9.59 Å². The van der Waals surface area contributed by atoms with Crippen molar-refractivity contribution in [3.63, 3.8) is 0 Å². The fourth-order valence-electron chi connectivity index (χ4n) is 1.52. The predicted octanol–water partition coefficient (Wildman–Crippen LogP) is -0.259. The minimum atomic E-state index is -0.582. The van der Waals surface area contributed by atoms with E-state index in [-0.39, 0.29) is 24.3 Å². The third-order valence-corrected chi connectivity index (χ3v) is 2.83. The van der Waals surface area contributed by atoms with Gasteiger partial charge in [0.15, 0.2) is 0 Å². The van der Waals surface area contributed by atoms with Gasteiger partial charge in [0, 0.05) is 26.0 Å². The minimum Gasteiger partial charge on any atom is -0.357 e. The van der Waals surface area contributed by atoms with Crippen LogP contribution in [0, 0.1) is 5.92 Å². The van der Waals surface area contributed by atoms with E-state index < -0.39 is 6.04 Å². The molecular formula is C13H22N4O2. The monoisotopic (exact) mass is 266 g/mol. The molecule has 6 nitrogen and oxygen atoms in total. The quantitative estimate of drug-likeness (QED) is 0.663. The van der Waals surface area contributed by atoms with Crippen LogP contribution in [0.2, 0.25) is 0 Å². The molecule has 0 unspecified atom stereocenters. The van der Waals surface area contributed by atoms with Gasteiger partial charge in [-0.15, -0.1) is 0 Å². The number of rotatable bonds is 6. The number of carbonyl (C=O) groups excluding carboxylic acids is 2. The summed E-state index contributed by atoms with van der Waals surface area (Å²) < 4.78 is 1.91. The van der Waals surface area contributed by atoms with Crippen LogP contribution in [0.4, 0.5) is 0 Å². The lowest BCUT2D eigenvalue weighted by molar-refractivity contribution is -0.127. The third kappa shape index (κ3) is 5.13. The summed E-state index contributed by atoms with van der Waals surface area (Å²) in [5.74, 6) is -0.481. The molecule has 0 bridgehead atoms. The van der Waals surface area contributed by atoms with Crippen molar-refractivity contribution in [2.45, 2.75) is 26.4 Å². The highest BCUT2D eigenvalue weighted by Crippen LogP contribution is 1.98. The highest BCUT2D eigenvalue weighted by Gasteiger charge is 2.17. The second kappa shape index (κ2) is 6.94. The van der Waals surface area contributed by atoms with Gasteiger partial charge in [-0.1, -0.05) is 13.8 Å². The standard InChI is InChI=1S/C13H22N4O2/c1-9(2)12(14)13(19)16-7-11(18)15-6-10-4-5-17(3)8-10/h4-5,8-9,12H,6-7,14H2,1-3H3,(H,15,18)(H,16,19)/t12-/m0/s1. The first kappa shape index (κ1) is 15.2. The Balaban J connectivity index is 2.26. The first-order valence-corrected chi connectivity index (χ1v) is 6.31. The van der Waals surface area contributed by atoms with E-state index in [1.165, 1.54) is 0 Å². The van der Waals surface area contributed by atoms with Gasteiger partial charge in [-0.2, -0.15) is 0 Å². The molecule has 1 aromatic rings. The number of aromatic nitrogens is 1. The van der Waals surface area contributed by atoms with Gasteiger partial charge in [0.05, 0.1) is 12.6 Å². The number of nitrogens with zero attached hydrogens (tertiary/aromatic N) is 1. The molecule has 0 aliphatic carbocycles. The van der Waals surface area contributed by atoms with E-state index in [1.807, 2.05) is 43.9 Å². The summed E-state index contributed by atoms with van der Waals surface area (Å²) in [7, 11) is 1.92. The summed E-state index contributed by atoms with van der Waals surface area (Å²) in [6, 6.07) is 1.34. The summed E-state index contributed by atoms with van der Waals surface area (Å²) in [4.78, 5) is 23.1. The van der Waals surface area contributed by atoms with Crippen molar-refractivity contribution in [1.82, 2.24) is 15.2 Å². The van der Waals surface area contributed by atoms with E-state index in [9.17, 15) is 9.59 Å². The summed E-state index contributed by atoms with van der Waals surface area (Å²) >= 11 is 0. The normalized spacial score (nSPS) is 12.3. The largest absolute Gasteiger partial charge is 0.357 e. The van der Waals surface area contributed by atoms with Gasteiger partial charge in [-0.3, -0.25) is 9.59 Å². The Morgan fingerprint density at radius 3 is 2.58 bits per heavy atom. The number of nitrogens with two attached hydrogens (primary N) is 1. The van der Waals surface area contributed by atoms with Crippen LogP contribution >= 0.6 is 0 Å². The van der Waals surface area contributed by atoms with E-state index in [4.69, 9.17) is 5.73 Å². The molecule has 1 aromatic heterocycles. The van der Waals surface area contributed by atoms with Crippen LogP contribution < -0.4 is 16.4 Å². The zero-order chi connectivity index (χ0) is 14.4. The maximum absolute atomic E-state index is 11.5. The third-order valence-electron chi connectivity index (χ3n) is 2.83. The number of hydrogen-bond acceptors (Lipinski definition) is 3. The maximum Gasteiger partial charge on any atom is 0.239 e. The van der Waals surface area contributed by atoms with E-state index >= 15 is 0 Å². The van der Waals surface area contributed by atoms with Crippen LogP contribution in [0.25, 0.3) is 0 Å². The lowest BCUT2D eigenvalue weighted by atomic mass is 10.1. The number of nitrogens with one attached hydrogen (secondary N) is 2. The van der Waals surface area contributed by atoms with Crippen molar-refractivity contribution in [3.05, 3.63) is 24.0 Å². The zero-order valence-electron chi connectivity index (χ0n) is 11.6. The number of aryl methyl sites for hydroxylation is 1. The van der Waals surface area contributed by atoms with Gasteiger partial charge < -0.3 is 20.9 Å². The van der Waals surface area contributed by atoms with Crippen molar-refractivity contribution in [2.24, 2.45) is 18.7 Å². The molecule has 1 heterocycles. The molecule has 6 heteroatoms. The molecule has 0 fully saturated rings. The molecule has 106 valence electrons. The van der Waals surface area contributed by atoms with Gasteiger partial charge in [0.25, 0.3) is 0 Å². The average molecular weight is 266 g/mol. The van der Waals surface area contributed by atoms with Gasteiger partial charge in [-0.25, -0.2) is 0 Å². The second-order valence-electron chi connectivity index (χ2n) is 4.95. The van der Waals surface area contributed by atoms with Crippen LogP contribution in [-0.4, -0.2) is 29.0 Å². The number of carbonyl (C=O) groups is 2. The fraction of sp³-hybridized carbons (Fsp3) is 0.538. The molecule has 4 N–H and O–H groups in total. The molecule has 0 aromatic carbocycles. The van der Waals surface area contributed by atoms with Gasteiger partial charge >= 0.3 is 0 Å². The Morgan fingerprint density at radius 1 is 1.37 bits per heavy atom. The van der Waals surface area contributed by atoms with E-state index in [1.54, 1.807) is 0 Å². The summed E-state index contributed by atoms with van der Waals surface area (Å²) in [6.07, 6.45) is 3.83. The first-order valence-electron chi connectivity index (χ1n) is 6.31. The fourth-order valence-corrected chi connectivity index (χ4v) is 1.52. The van der Waals surface area contributed by atoms with Gasteiger partial charge in [0.1, 0.15) is 0 Å². The average Bonchev–Trinajstić information content (AvgIpc) is 2.78. The van der Waals surface area contributed by atoms with Crippen molar-refractivity contribution in [1.29, 1.82) is 0 Å². The highest BCUT2D eigenvalue weighted by molar-refractivity contribution is 5.87. The van der Waals surface area contributed by atoms with E-state index in [2.05, 4.69) is 10.6 Å². The van der Waals surface area contributed by atoms with E-state index in [0.717, 1.165) is 5.56 Å². The zero-order valence-corrected chi connectivity index (χ0v) is 11.6. The molecule has 0 aliphatic rings. The Morgan fingerprint density at radius 2 is 2.05 bits per heavy atom. The molecule has 0 spiro atoms. The molecule has 0 radical (unpaired) electrons. The lowest BCUT2D eigenvalue weighted by Gasteiger charge is -2.15. The molecule has 0 saturated heterocycles.